The lowest BCUT2D eigenvalue weighted by Gasteiger charge is -2.10. The SMILES string of the molecule is O=C(O)Cc1cccc(-c2noc(-c3ccc(Cl)cc3)c2C(=O)NCCOc2ccc(Cl)cc2Cl)c1. The van der Waals surface area contributed by atoms with E-state index >= 15 is 0 Å². The molecule has 36 heavy (non-hydrogen) atoms. The third-order valence-corrected chi connectivity index (χ3v) is 5.90. The van der Waals surface area contributed by atoms with Gasteiger partial charge in [0.25, 0.3) is 5.91 Å². The highest BCUT2D eigenvalue weighted by atomic mass is 35.5. The highest BCUT2D eigenvalue weighted by molar-refractivity contribution is 6.35. The number of aromatic nitrogens is 1. The molecule has 0 aliphatic heterocycles. The molecule has 2 N–H and O–H groups in total. The predicted octanol–water partition coefficient (Wildman–Crippen LogP) is 6.40. The third-order valence-electron chi connectivity index (χ3n) is 5.12. The van der Waals surface area contributed by atoms with Gasteiger partial charge in [0.05, 0.1) is 18.0 Å². The Labute approximate surface area is 221 Å². The minimum Gasteiger partial charge on any atom is -0.490 e. The number of benzene rings is 3. The fourth-order valence-electron chi connectivity index (χ4n) is 3.51. The molecule has 0 spiro atoms. The fourth-order valence-corrected chi connectivity index (χ4v) is 4.09. The van der Waals surface area contributed by atoms with Gasteiger partial charge in [-0.25, -0.2) is 0 Å². The van der Waals surface area contributed by atoms with E-state index in [9.17, 15) is 9.59 Å². The molecule has 1 aromatic heterocycles. The van der Waals surface area contributed by atoms with Gasteiger partial charge in [-0.15, -0.1) is 0 Å². The van der Waals surface area contributed by atoms with Gasteiger partial charge >= 0.3 is 5.97 Å². The number of nitrogens with zero attached hydrogens (tertiary/aromatic N) is 1. The molecule has 0 aliphatic carbocycles. The zero-order valence-corrected chi connectivity index (χ0v) is 20.9. The van der Waals surface area contributed by atoms with Crippen LogP contribution in [0.5, 0.6) is 5.75 Å². The summed E-state index contributed by atoms with van der Waals surface area (Å²) in [7, 11) is 0. The molecule has 0 atom stereocenters. The van der Waals surface area contributed by atoms with E-state index in [-0.39, 0.29) is 36.6 Å². The number of carboxylic acids is 1. The lowest BCUT2D eigenvalue weighted by molar-refractivity contribution is -0.136. The first-order chi connectivity index (χ1) is 17.3. The Morgan fingerprint density at radius 2 is 1.69 bits per heavy atom. The van der Waals surface area contributed by atoms with Crippen molar-refractivity contribution in [1.82, 2.24) is 10.5 Å². The lowest BCUT2D eigenvalue weighted by Crippen LogP contribution is -2.28. The number of amides is 1. The first kappa shape index (κ1) is 25.6. The number of carbonyl (C=O) groups excluding carboxylic acids is 1. The number of aliphatic carboxylic acids is 1. The van der Waals surface area contributed by atoms with Gasteiger partial charge < -0.3 is 19.7 Å². The normalized spacial score (nSPS) is 10.8. The Hall–Kier alpha value is -3.52. The summed E-state index contributed by atoms with van der Waals surface area (Å²) >= 11 is 18.0. The van der Waals surface area contributed by atoms with E-state index in [4.69, 9.17) is 49.2 Å². The quantitative estimate of drug-likeness (QED) is 0.236. The Morgan fingerprint density at radius 1 is 0.944 bits per heavy atom. The zero-order chi connectivity index (χ0) is 25.7. The second-order valence-electron chi connectivity index (χ2n) is 7.69. The van der Waals surface area contributed by atoms with Crippen molar-refractivity contribution in [1.29, 1.82) is 0 Å². The highest BCUT2D eigenvalue weighted by Gasteiger charge is 2.25. The van der Waals surface area contributed by atoms with E-state index < -0.39 is 11.9 Å². The van der Waals surface area contributed by atoms with Crippen LogP contribution in [-0.4, -0.2) is 35.3 Å². The third kappa shape index (κ3) is 6.18. The van der Waals surface area contributed by atoms with Crippen LogP contribution in [0.15, 0.2) is 71.3 Å². The summed E-state index contributed by atoms with van der Waals surface area (Å²) in [5, 5.41) is 17.5. The van der Waals surface area contributed by atoms with Crippen LogP contribution in [-0.2, 0) is 11.2 Å². The summed E-state index contributed by atoms with van der Waals surface area (Å²) in [6.07, 6.45) is -0.165. The van der Waals surface area contributed by atoms with Crippen molar-refractivity contribution in [2.45, 2.75) is 6.42 Å². The molecule has 0 bridgehead atoms. The van der Waals surface area contributed by atoms with E-state index in [1.807, 2.05) is 0 Å². The number of hydrogen-bond donors (Lipinski definition) is 2. The molecular formula is C26H19Cl3N2O5. The number of ether oxygens (including phenoxy) is 1. The predicted molar refractivity (Wildman–Crippen MR) is 138 cm³/mol. The Balaban J connectivity index is 1.59. The Kier molecular flexibility index (Phi) is 8.15. The summed E-state index contributed by atoms with van der Waals surface area (Å²) in [5.74, 6) is -0.707. The van der Waals surface area contributed by atoms with Crippen LogP contribution in [0.1, 0.15) is 15.9 Å². The first-order valence-electron chi connectivity index (χ1n) is 10.7. The average molecular weight is 546 g/mol. The first-order valence-corrected chi connectivity index (χ1v) is 11.9. The van der Waals surface area contributed by atoms with E-state index in [2.05, 4.69) is 10.5 Å². The standard InChI is InChI=1S/C26H19Cl3N2O5/c27-18-6-4-16(5-7-18)25-23(24(31-36-25)17-3-1-2-15(12-17)13-22(32)33)26(34)30-10-11-35-21-9-8-19(28)14-20(21)29/h1-9,12,14H,10-11,13H2,(H,30,34)(H,32,33). The number of halogens is 3. The number of carboxylic acid groups (broad SMARTS) is 1. The molecule has 0 saturated carbocycles. The van der Waals surface area contributed by atoms with Crippen molar-refractivity contribution in [3.8, 4) is 28.3 Å². The molecule has 184 valence electrons. The van der Waals surface area contributed by atoms with Gasteiger partial charge in [0.1, 0.15) is 23.6 Å². The van der Waals surface area contributed by atoms with Gasteiger partial charge in [-0.05, 0) is 54.1 Å². The second kappa shape index (κ2) is 11.5. The molecule has 0 fully saturated rings. The molecule has 0 unspecified atom stereocenters. The maximum atomic E-state index is 13.3. The van der Waals surface area contributed by atoms with Crippen LogP contribution < -0.4 is 10.1 Å². The van der Waals surface area contributed by atoms with Crippen molar-refractivity contribution < 1.29 is 24.0 Å². The number of carbonyl (C=O) groups is 2. The summed E-state index contributed by atoms with van der Waals surface area (Å²) in [4.78, 5) is 24.5. The monoisotopic (exact) mass is 544 g/mol. The second-order valence-corrected chi connectivity index (χ2v) is 8.97. The van der Waals surface area contributed by atoms with Crippen LogP contribution in [0.3, 0.4) is 0 Å². The van der Waals surface area contributed by atoms with Crippen LogP contribution in [0.25, 0.3) is 22.6 Å². The van der Waals surface area contributed by atoms with Crippen LogP contribution >= 0.6 is 34.8 Å². The van der Waals surface area contributed by atoms with Gasteiger partial charge in [-0.1, -0.05) is 58.2 Å². The van der Waals surface area contributed by atoms with Gasteiger partial charge in [0.2, 0.25) is 0 Å². The van der Waals surface area contributed by atoms with Crippen molar-refractivity contribution in [3.05, 3.63) is 92.9 Å². The summed E-state index contributed by atoms with van der Waals surface area (Å²) in [6.45, 7) is 0.319. The maximum Gasteiger partial charge on any atom is 0.307 e. The molecule has 7 nitrogen and oxygen atoms in total. The molecule has 1 heterocycles. The van der Waals surface area contributed by atoms with Crippen molar-refractivity contribution >= 4 is 46.7 Å². The summed E-state index contributed by atoms with van der Waals surface area (Å²) in [6, 6.07) is 18.5. The number of rotatable bonds is 9. The minimum absolute atomic E-state index is 0.151. The lowest BCUT2D eigenvalue weighted by atomic mass is 9.99. The van der Waals surface area contributed by atoms with Crippen molar-refractivity contribution in [2.75, 3.05) is 13.2 Å². The average Bonchev–Trinajstić information content (AvgIpc) is 3.28. The Bertz CT molecular complexity index is 1400. The molecule has 0 saturated heterocycles. The van der Waals surface area contributed by atoms with Crippen LogP contribution in [0.2, 0.25) is 15.1 Å². The molecule has 1 amide bonds. The molecule has 4 aromatic rings. The fraction of sp³-hybridized carbons (Fsp3) is 0.115. The van der Waals surface area contributed by atoms with Gasteiger partial charge in [0, 0.05) is 21.2 Å². The van der Waals surface area contributed by atoms with Gasteiger partial charge in [-0.3, -0.25) is 9.59 Å². The van der Waals surface area contributed by atoms with Crippen LogP contribution in [0, 0.1) is 0 Å². The molecule has 0 radical (unpaired) electrons. The summed E-state index contributed by atoms with van der Waals surface area (Å²) < 4.78 is 11.2. The van der Waals surface area contributed by atoms with E-state index in [1.54, 1.807) is 66.7 Å². The number of hydrogen-bond acceptors (Lipinski definition) is 5. The molecule has 0 aliphatic rings. The van der Waals surface area contributed by atoms with Gasteiger partial charge in [0.15, 0.2) is 5.76 Å². The summed E-state index contributed by atoms with van der Waals surface area (Å²) in [5.41, 5.74) is 2.21. The molecular weight excluding hydrogens is 527 g/mol. The largest absolute Gasteiger partial charge is 0.490 e. The van der Waals surface area contributed by atoms with Gasteiger partial charge in [-0.2, -0.15) is 0 Å². The zero-order valence-electron chi connectivity index (χ0n) is 18.6. The topological polar surface area (TPSA) is 102 Å². The molecule has 3 aromatic carbocycles. The van der Waals surface area contributed by atoms with E-state index in [1.165, 1.54) is 0 Å². The Morgan fingerprint density at radius 3 is 2.42 bits per heavy atom. The molecule has 10 heteroatoms. The van der Waals surface area contributed by atoms with Crippen LogP contribution in [0.4, 0.5) is 0 Å². The minimum atomic E-state index is -0.965. The molecule has 4 rings (SSSR count). The van der Waals surface area contributed by atoms with Crippen molar-refractivity contribution in [3.63, 3.8) is 0 Å². The highest BCUT2D eigenvalue weighted by Crippen LogP contribution is 2.33. The number of nitrogens with one attached hydrogen (secondary N) is 1. The smallest absolute Gasteiger partial charge is 0.307 e. The maximum absolute atomic E-state index is 13.3. The van der Waals surface area contributed by atoms with Crippen molar-refractivity contribution in [2.24, 2.45) is 0 Å². The van der Waals surface area contributed by atoms with E-state index in [0.29, 0.717) is 37.5 Å². The van der Waals surface area contributed by atoms with E-state index in [0.717, 1.165) is 0 Å².